The van der Waals surface area contributed by atoms with Crippen molar-refractivity contribution >= 4 is 21.9 Å². The first-order valence-corrected chi connectivity index (χ1v) is 7.03. The Morgan fingerprint density at radius 2 is 2.14 bits per heavy atom. The van der Waals surface area contributed by atoms with E-state index in [1.165, 1.54) is 10.7 Å². The molecule has 0 fully saturated rings. The summed E-state index contributed by atoms with van der Waals surface area (Å²) < 4.78 is 29.1. The molecule has 2 rings (SSSR count). The van der Waals surface area contributed by atoms with Crippen LogP contribution in [0, 0.1) is 11.6 Å². The van der Waals surface area contributed by atoms with E-state index in [1.807, 2.05) is 6.92 Å². The van der Waals surface area contributed by atoms with Gasteiger partial charge in [0.25, 0.3) is 0 Å². The lowest BCUT2D eigenvalue weighted by Gasteiger charge is -2.09. The smallest absolute Gasteiger partial charge is 0.358 e. The van der Waals surface area contributed by atoms with Crippen LogP contribution in [-0.2, 0) is 13.0 Å². The Balaban J connectivity index is 2.45. The largest absolute Gasteiger partial charge is 0.476 e. The second kappa shape index (κ2) is 6.30. The van der Waals surface area contributed by atoms with Gasteiger partial charge in [-0.15, -0.1) is 5.10 Å². The number of carboxylic acids is 1. The second-order valence-electron chi connectivity index (χ2n) is 4.42. The summed E-state index contributed by atoms with van der Waals surface area (Å²) in [5.74, 6) is -2.66. The number of hydrogen-bond donors (Lipinski definition) is 1. The Bertz CT molecular complexity index is 688. The van der Waals surface area contributed by atoms with E-state index in [-0.39, 0.29) is 22.3 Å². The summed E-state index contributed by atoms with van der Waals surface area (Å²) in [5.41, 5.74) is -0.0278. The molecule has 2 aromatic rings. The van der Waals surface area contributed by atoms with Gasteiger partial charge in [0.2, 0.25) is 0 Å². The molecular weight excluding hydrogens is 348 g/mol. The van der Waals surface area contributed by atoms with Crippen LogP contribution in [0.1, 0.15) is 35.1 Å². The third kappa shape index (κ3) is 3.10. The molecule has 0 spiro atoms. The van der Waals surface area contributed by atoms with Crippen LogP contribution in [0.5, 0.6) is 0 Å². The molecule has 0 aliphatic heterocycles. The van der Waals surface area contributed by atoms with E-state index in [2.05, 4.69) is 26.2 Å². The Labute approximate surface area is 127 Å². The normalized spacial score (nSPS) is 10.9. The first-order chi connectivity index (χ1) is 9.95. The summed E-state index contributed by atoms with van der Waals surface area (Å²) in [6.45, 7) is 1.65. The van der Waals surface area contributed by atoms with Gasteiger partial charge in [-0.1, -0.05) is 18.6 Å². The van der Waals surface area contributed by atoms with Crippen molar-refractivity contribution in [3.63, 3.8) is 0 Å². The average Bonchev–Trinajstić information content (AvgIpc) is 2.83. The van der Waals surface area contributed by atoms with Crippen LogP contribution in [0.15, 0.2) is 16.6 Å². The van der Waals surface area contributed by atoms with E-state index in [1.54, 1.807) is 0 Å². The molecule has 0 radical (unpaired) electrons. The fourth-order valence-electron chi connectivity index (χ4n) is 1.97. The van der Waals surface area contributed by atoms with Crippen molar-refractivity contribution in [3.8, 4) is 0 Å². The number of aromatic nitrogens is 3. The molecule has 0 amide bonds. The number of hydrogen-bond acceptors (Lipinski definition) is 3. The lowest BCUT2D eigenvalue weighted by Crippen LogP contribution is -2.11. The van der Waals surface area contributed by atoms with Gasteiger partial charge in [-0.2, -0.15) is 0 Å². The maximum Gasteiger partial charge on any atom is 0.358 e. The summed E-state index contributed by atoms with van der Waals surface area (Å²) in [6, 6.07) is 2.40. The van der Waals surface area contributed by atoms with Gasteiger partial charge < -0.3 is 5.11 Å². The summed E-state index contributed by atoms with van der Waals surface area (Å²) in [4.78, 5) is 11.1. The summed E-state index contributed by atoms with van der Waals surface area (Å²) in [7, 11) is 0. The second-order valence-corrected chi connectivity index (χ2v) is 5.27. The van der Waals surface area contributed by atoms with Crippen molar-refractivity contribution < 1.29 is 18.7 Å². The third-order valence-corrected chi connectivity index (χ3v) is 3.59. The standard InChI is InChI=1S/C13H12BrF2N3O2/c1-2-3-10-12(13(20)21)17-18-19(10)6-7-9(15)5-4-8(14)11(7)16/h4-5H,2-3,6H2,1H3,(H,20,21). The van der Waals surface area contributed by atoms with Gasteiger partial charge in [-0.3, -0.25) is 0 Å². The van der Waals surface area contributed by atoms with Gasteiger partial charge in [0.15, 0.2) is 5.69 Å². The topological polar surface area (TPSA) is 68.0 Å². The predicted octanol–water partition coefficient (Wildman–Crippen LogP) is 3.02. The Hall–Kier alpha value is -1.83. The van der Waals surface area contributed by atoms with Crippen LogP contribution in [0.2, 0.25) is 0 Å². The highest BCUT2D eigenvalue weighted by Crippen LogP contribution is 2.23. The lowest BCUT2D eigenvalue weighted by molar-refractivity contribution is 0.0689. The molecule has 21 heavy (non-hydrogen) atoms. The molecule has 1 heterocycles. The summed E-state index contributed by atoms with van der Waals surface area (Å²) in [5, 5.41) is 16.3. The van der Waals surface area contributed by atoms with Crippen molar-refractivity contribution in [1.29, 1.82) is 0 Å². The minimum absolute atomic E-state index is 0.134. The Morgan fingerprint density at radius 3 is 2.76 bits per heavy atom. The molecule has 1 aromatic heterocycles. The maximum absolute atomic E-state index is 14.0. The molecule has 0 bridgehead atoms. The van der Waals surface area contributed by atoms with E-state index in [9.17, 15) is 13.6 Å². The molecule has 5 nitrogen and oxygen atoms in total. The van der Waals surface area contributed by atoms with Gasteiger partial charge in [0, 0.05) is 5.56 Å². The number of carboxylic acid groups (broad SMARTS) is 1. The van der Waals surface area contributed by atoms with Crippen LogP contribution >= 0.6 is 15.9 Å². The average molecular weight is 360 g/mol. The van der Waals surface area contributed by atoms with E-state index in [4.69, 9.17) is 5.11 Å². The van der Waals surface area contributed by atoms with E-state index < -0.39 is 17.6 Å². The van der Waals surface area contributed by atoms with Crippen molar-refractivity contribution in [1.82, 2.24) is 15.0 Å². The SMILES string of the molecule is CCCc1c(C(=O)O)nnn1Cc1c(F)ccc(Br)c1F. The molecule has 112 valence electrons. The molecule has 0 atom stereocenters. The minimum Gasteiger partial charge on any atom is -0.476 e. The molecule has 0 saturated carbocycles. The van der Waals surface area contributed by atoms with E-state index in [0.29, 0.717) is 18.5 Å². The van der Waals surface area contributed by atoms with Crippen LogP contribution < -0.4 is 0 Å². The molecule has 0 unspecified atom stereocenters. The fraction of sp³-hybridized carbons (Fsp3) is 0.308. The number of aromatic carboxylic acids is 1. The van der Waals surface area contributed by atoms with E-state index in [0.717, 1.165) is 6.07 Å². The summed E-state index contributed by atoms with van der Waals surface area (Å²) >= 11 is 2.99. The Morgan fingerprint density at radius 1 is 1.43 bits per heavy atom. The van der Waals surface area contributed by atoms with Gasteiger partial charge in [-0.25, -0.2) is 18.3 Å². The van der Waals surface area contributed by atoms with Gasteiger partial charge in [0.05, 0.1) is 16.7 Å². The zero-order chi connectivity index (χ0) is 15.6. The number of halogens is 3. The number of carbonyl (C=O) groups is 1. The van der Waals surface area contributed by atoms with Crippen molar-refractivity contribution in [2.45, 2.75) is 26.3 Å². The van der Waals surface area contributed by atoms with Crippen LogP contribution in [0.3, 0.4) is 0 Å². The Kier molecular flexibility index (Phi) is 4.66. The molecular formula is C13H12BrF2N3O2. The van der Waals surface area contributed by atoms with Crippen molar-refractivity contribution in [2.75, 3.05) is 0 Å². The highest BCUT2D eigenvalue weighted by atomic mass is 79.9. The molecule has 1 aromatic carbocycles. The van der Waals surface area contributed by atoms with Crippen LogP contribution in [-0.4, -0.2) is 26.1 Å². The number of benzene rings is 1. The highest BCUT2D eigenvalue weighted by molar-refractivity contribution is 9.10. The maximum atomic E-state index is 14.0. The monoisotopic (exact) mass is 359 g/mol. The number of rotatable bonds is 5. The lowest BCUT2D eigenvalue weighted by atomic mass is 10.1. The molecule has 1 N–H and O–H groups in total. The van der Waals surface area contributed by atoms with Crippen molar-refractivity contribution in [3.05, 3.63) is 45.2 Å². The van der Waals surface area contributed by atoms with Crippen LogP contribution in [0.4, 0.5) is 8.78 Å². The van der Waals surface area contributed by atoms with Gasteiger partial charge in [-0.05, 0) is 34.5 Å². The zero-order valence-corrected chi connectivity index (χ0v) is 12.7. The van der Waals surface area contributed by atoms with Gasteiger partial charge in [0.1, 0.15) is 11.6 Å². The molecule has 0 aliphatic rings. The van der Waals surface area contributed by atoms with Crippen LogP contribution in [0.25, 0.3) is 0 Å². The fourth-order valence-corrected chi connectivity index (χ4v) is 2.35. The van der Waals surface area contributed by atoms with Gasteiger partial charge >= 0.3 is 5.97 Å². The quantitative estimate of drug-likeness (QED) is 0.833. The van der Waals surface area contributed by atoms with E-state index >= 15 is 0 Å². The third-order valence-electron chi connectivity index (χ3n) is 2.97. The first kappa shape index (κ1) is 15.6. The molecule has 0 aliphatic carbocycles. The predicted molar refractivity (Wildman–Crippen MR) is 74.1 cm³/mol. The number of nitrogens with zero attached hydrogens (tertiary/aromatic N) is 3. The molecule has 8 heteroatoms. The zero-order valence-electron chi connectivity index (χ0n) is 11.1. The molecule has 0 saturated heterocycles. The summed E-state index contributed by atoms with van der Waals surface area (Å²) in [6.07, 6.45) is 1.07. The van der Waals surface area contributed by atoms with Crippen molar-refractivity contribution in [2.24, 2.45) is 0 Å². The highest BCUT2D eigenvalue weighted by Gasteiger charge is 2.21. The minimum atomic E-state index is -1.21. The first-order valence-electron chi connectivity index (χ1n) is 6.23.